The van der Waals surface area contributed by atoms with Gasteiger partial charge < -0.3 is 10.1 Å². The molecule has 3 aromatic rings. The van der Waals surface area contributed by atoms with Crippen LogP contribution in [-0.4, -0.2) is 64.8 Å². The second kappa shape index (κ2) is 10.3. The number of aromatic nitrogens is 4. The summed E-state index contributed by atoms with van der Waals surface area (Å²) in [6, 6.07) is 13.8. The molecule has 0 aliphatic carbocycles. The number of benzene rings is 2. The summed E-state index contributed by atoms with van der Waals surface area (Å²) >= 11 is 1.17. The molecule has 174 valence electrons. The lowest BCUT2D eigenvalue weighted by molar-refractivity contribution is -0.113. The summed E-state index contributed by atoms with van der Waals surface area (Å²) in [5, 5.41) is 14.9. The fraction of sp³-hybridized carbons (Fsp3) is 0.333. The number of tetrazole rings is 1. The number of nitrogens with one attached hydrogen (secondary N) is 1. The summed E-state index contributed by atoms with van der Waals surface area (Å²) in [6.07, 6.45) is 2.72. The van der Waals surface area contributed by atoms with Crippen LogP contribution in [0.5, 0.6) is 5.75 Å². The van der Waals surface area contributed by atoms with Crippen molar-refractivity contribution in [2.45, 2.75) is 29.3 Å². The molecule has 0 atom stereocenters. The van der Waals surface area contributed by atoms with Crippen LogP contribution in [0.15, 0.2) is 58.6 Å². The summed E-state index contributed by atoms with van der Waals surface area (Å²) in [4.78, 5) is 12.8. The number of hydrogen-bond donors (Lipinski definition) is 1. The molecule has 33 heavy (non-hydrogen) atoms. The van der Waals surface area contributed by atoms with Crippen molar-refractivity contribution in [1.29, 1.82) is 0 Å². The van der Waals surface area contributed by atoms with Gasteiger partial charge in [0.25, 0.3) is 0 Å². The molecule has 1 N–H and O–H groups in total. The molecule has 1 aliphatic heterocycles. The van der Waals surface area contributed by atoms with Crippen LogP contribution in [0.4, 0.5) is 5.69 Å². The molecule has 4 rings (SSSR count). The van der Waals surface area contributed by atoms with Gasteiger partial charge in [0.15, 0.2) is 0 Å². The van der Waals surface area contributed by atoms with E-state index in [-0.39, 0.29) is 16.6 Å². The Morgan fingerprint density at radius 2 is 1.88 bits per heavy atom. The number of anilines is 1. The minimum absolute atomic E-state index is 0.0272. The Kier molecular flexibility index (Phi) is 7.26. The molecule has 2 heterocycles. The van der Waals surface area contributed by atoms with Gasteiger partial charge in [-0.1, -0.05) is 36.4 Å². The summed E-state index contributed by atoms with van der Waals surface area (Å²) in [6.45, 7) is 1.01. The third kappa shape index (κ3) is 5.34. The zero-order valence-electron chi connectivity index (χ0n) is 18.0. The smallest absolute Gasteiger partial charge is 0.243 e. The lowest BCUT2D eigenvalue weighted by atomic mass is 10.2. The Labute approximate surface area is 196 Å². The number of hydrogen-bond acceptors (Lipinski definition) is 8. The van der Waals surface area contributed by atoms with Crippen LogP contribution in [-0.2, 0) is 14.8 Å². The molecule has 10 nitrogen and oxygen atoms in total. The highest BCUT2D eigenvalue weighted by molar-refractivity contribution is 7.99. The van der Waals surface area contributed by atoms with Crippen molar-refractivity contribution in [2.24, 2.45) is 0 Å². The quantitative estimate of drug-likeness (QED) is 0.481. The normalized spacial score (nSPS) is 14.7. The molecule has 0 unspecified atom stereocenters. The van der Waals surface area contributed by atoms with Crippen LogP contribution in [0.3, 0.4) is 0 Å². The molecule has 1 amide bonds. The highest BCUT2D eigenvalue weighted by Gasteiger charge is 2.27. The number of carbonyl (C=O) groups excluding carboxylic acids is 1. The van der Waals surface area contributed by atoms with Crippen LogP contribution in [0.1, 0.15) is 19.3 Å². The van der Waals surface area contributed by atoms with E-state index in [1.54, 1.807) is 10.7 Å². The predicted octanol–water partition coefficient (Wildman–Crippen LogP) is 2.58. The van der Waals surface area contributed by atoms with Crippen molar-refractivity contribution in [3.05, 3.63) is 48.5 Å². The van der Waals surface area contributed by atoms with E-state index in [2.05, 4.69) is 20.8 Å². The molecular weight excluding hydrogens is 464 g/mol. The van der Waals surface area contributed by atoms with Gasteiger partial charge in [0.2, 0.25) is 21.1 Å². The van der Waals surface area contributed by atoms with E-state index in [0.29, 0.717) is 29.7 Å². The third-order valence-corrected chi connectivity index (χ3v) is 7.99. The van der Waals surface area contributed by atoms with E-state index in [1.165, 1.54) is 35.3 Å². The Morgan fingerprint density at radius 1 is 1.12 bits per heavy atom. The molecular formula is C21H24N6O4S2. The third-order valence-electron chi connectivity index (χ3n) is 5.17. The number of sulfonamides is 1. The Morgan fingerprint density at radius 3 is 2.61 bits per heavy atom. The average molecular weight is 489 g/mol. The minimum atomic E-state index is -3.64. The molecule has 1 aliphatic rings. The second-order valence-corrected chi connectivity index (χ2v) is 10.3. The van der Waals surface area contributed by atoms with Crippen LogP contribution < -0.4 is 10.1 Å². The monoisotopic (exact) mass is 488 g/mol. The molecule has 12 heteroatoms. The maximum atomic E-state index is 13.0. The number of para-hydroxylation sites is 1. The first-order valence-corrected chi connectivity index (χ1v) is 12.9. The molecule has 1 aromatic heterocycles. The number of rotatable bonds is 8. The molecule has 0 spiro atoms. The first kappa shape index (κ1) is 23.2. The van der Waals surface area contributed by atoms with Crippen molar-refractivity contribution in [1.82, 2.24) is 24.5 Å². The second-order valence-electron chi connectivity index (χ2n) is 7.37. The van der Waals surface area contributed by atoms with Crippen LogP contribution in [0, 0.1) is 0 Å². The van der Waals surface area contributed by atoms with E-state index in [1.807, 2.05) is 30.3 Å². The Balaban J connectivity index is 1.47. The lowest BCUT2D eigenvalue weighted by Crippen LogP contribution is -2.35. The Hall–Kier alpha value is -2.96. The maximum Gasteiger partial charge on any atom is 0.243 e. The van der Waals surface area contributed by atoms with E-state index < -0.39 is 10.0 Å². The number of ether oxygens (including phenoxy) is 1. The van der Waals surface area contributed by atoms with Crippen LogP contribution in [0.2, 0.25) is 0 Å². The van der Waals surface area contributed by atoms with Gasteiger partial charge in [-0.05, 0) is 53.6 Å². The summed E-state index contributed by atoms with van der Waals surface area (Å²) in [5.74, 6) is 0.0629. The number of thioether (sulfide) groups is 1. The van der Waals surface area contributed by atoms with Gasteiger partial charge >= 0.3 is 0 Å². The fourth-order valence-corrected chi connectivity index (χ4v) is 5.75. The van der Waals surface area contributed by atoms with Crippen molar-refractivity contribution in [2.75, 3.05) is 31.3 Å². The standard InChI is InChI=1S/C21H24N6O4S2/c1-31-19-11-10-17(33(29,30)26-12-6-3-7-13-26)14-18(19)22-20(28)15-32-21-23-24-25-27(21)16-8-4-2-5-9-16/h2,4-5,8-11,14H,3,6-7,12-13,15H2,1H3,(H,22,28). The first-order valence-electron chi connectivity index (χ1n) is 10.4. The molecule has 0 saturated carbocycles. The highest BCUT2D eigenvalue weighted by Crippen LogP contribution is 2.30. The molecule has 1 fully saturated rings. The van der Waals surface area contributed by atoms with Crippen molar-refractivity contribution >= 4 is 33.4 Å². The highest BCUT2D eigenvalue weighted by atomic mass is 32.2. The largest absolute Gasteiger partial charge is 0.495 e. The maximum absolute atomic E-state index is 13.0. The van der Waals surface area contributed by atoms with Gasteiger partial charge in [0, 0.05) is 13.1 Å². The van der Waals surface area contributed by atoms with E-state index >= 15 is 0 Å². The zero-order chi connectivity index (χ0) is 23.3. The molecule has 0 radical (unpaired) electrons. The first-order chi connectivity index (χ1) is 16.0. The number of nitrogens with zero attached hydrogens (tertiary/aromatic N) is 5. The van der Waals surface area contributed by atoms with Crippen molar-refractivity contribution in [3.8, 4) is 11.4 Å². The molecule has 2 aromatic carbocycles. The zero-order valence-corrected chi connectivity index (χ0v) is 19.7. The van der Waals surface area contributed by atoms with Crippen LogP contribution >= 0.6 is 11.8 Å². The number of piperidine rings is 1. The van der Waals surface area contributed by atoms with E-state index in [9.17, 15) is 13.2 Å². The number of carbonyl (C=O) groups is 1. The Bertz CT molecular complexity index is 1210. The SMILES string of the molecule is COc1ccc(S(=O)(=O)N2CCCCC2)cc1NC(=O)CSc1nnnn1-c1ccccc1. The average Bonchev–Trinajstić information content (AvgIpc) is 3.32. The summed E-state index contributed by atoms with van der Waals surface area (Å²) in [7, 11) is -2.17. The van der Waals surface area contributed by atoms with Gasteiger partial charge in [0.1, 0.15) is 5.75 Å². The van der Waals surface area contributed by atoms with E-state index in [4.69, 9.17) is 4.74 Å². The fourth-order valence-electron chi connectivity index (χ4n) is 3.52. The van der Waals surface area contributed by atoms with Crippen LogP contribution in [0.25, 0.3) is 5.69 Å². The lowest BCUT2D eigenvalue weighted by Gasteiger charge is -2.26. The topological polar surface area (TPSA) is 119 Å². The van der Waals surface area contributed by atoms with Crippen molar-refractivity contribution < 1.29 is 17.9 Å². The van der Waals surface area contributed by atoms with Gasteiger partial charge in [-0.25, -0.2) is 8.42 Å². The van der Waals surface area contributed by atoms with Gasteiger partial charge in [-0.3, -0.25) is 4.79 Å². The molecule has 0 bridgehead atoms. The minimum Gasteiger partial charge on any atom is -0.495 e. The van der Waals surface area contributed by atoms with Gasteiger partial charge in [0.05, 0.1) is 29.1 Å². The number of amides is 1. The van der Waals surface area contributed by atoms with Crippen molar-refractivity contribution in [3.63, 3.8) is 0 Å². The predicted molar refractivity (Wildman–Crippen MR) is 124 cm³/mol. The van der Waals surface area contributed by atoms with Gasteiger partial charge in [-0.15, -0.1) is 5.10 Å². The molecule has 1 saturated heterocycles. The van der Waals surface area contributed by atoms with E-state index in [0.717, 1.165) is 24.9 Å². The summed E-state index contributed by atoms with van der Waals surface area (Å²) < 4.78 is 34.4. The van der Waals surface area contributed by atoms with Gasteiger partial charge in [-0.2, -0.15) is 8.99 Å². The summed E-state index contributed by atoms with van der Waals surface area (Å²) in [5.41, 5.74) is 1.08. The number of methoxy groups -OCH3 is 1.